The molecule has 1 aliphatic heterocycles. The molecule has 2 aromatic carbocycles. The summed E-state index contributed by atoms with van der Waals surface area (Å²) in [6, 6.07) is 16.6. The Labute approximate surface area is 155 Å². The number of benzene rings is 2. The van der Waals surface area contributed by atoms with Gasteiger partial charge in [0.1, 0.15) is 19.0 Å². The molecule has 0 radical (unpaired) electrons. The van der Waals surface area contributed by atoms with Gasteiger partial charge < -0.3 is 15.4 Å². The molecular weight excluding hydrogens is 328 g/mol. The Kier molecular flexibility index (Phi) is 7.93. The Bertz CT molecular complexity index is 552. The molecule has 0 unspecified atom stereocenters. The van der Waals surface area contributed by atoms with Crippen LogP contribution in [0.2, 0.25) is 0 Å². The molecule has 5 nitrogen and oxygen atoms in total. The Morgan fingerprint density at radius 2 is 1.31 bits per heavy atom. The van der Waals surface area contributed by atoms with Gasteiger partial charge >= 0.3 is 0 Å². The summed E-state index contributed by atoms with van der Waals surface area (Å²) in [4.78, 5) is 10.6. The van der Waals surface area contributed by atoms with Crippen LogP contribution < -0.4 is 15.4 Å². The number of rotatable bonds is 0. The van der Waals surface area contributed by atoms with Gasteiger partial charge in [-0.15, -0.1) is 0 Å². The zero-order chi connectivity index (χ0) is 17.9. The van der Waals surface area contributed by atoms with Gasteiger partial charge in [-0.2, -0.15) is 0 Å². The van der Waals surface area contributed by atoms with Gasteiger partial charge in [-0.05, 0) is 43.1 Å². The van der Waals surface area contributed by atoms with E-state index in [2.05, 4.69) is 41.0 Å². The van der Waals surface area contributed by atoms with Crippen molar-refractivity contribution in [3.63, 3.8) is 0 Å². The van der Waals surface area contributed by atoms with Crippen LogP contribution in [0.1, 0.15) is 23.1 Å². The Balaban J connectivity index is 1.56. The van der Waals surface area contributed by atoms with Crippen LogP contribution in [0, 0.1) is 0 Å². The summed E-state index contributed by atoms with van der Waals surface area (Å²) in [5.74, 6) is 0.900. The molecule has 2 N–H and O–H groups in total. The number of para-hydroxylation sites is 1. The number of nitrogens with one attached hydrogen (secondary N) is 2. The molecule has 0 aliphatic carbocycles. The molecule has 0 saturated carbocycles. The van der Waals surface area contributed by atoms with E-state index in [4.69, 9.17) is 14.5 Å². The minimum Gasteiger partial charge on any atom is -0.491 e. The lowest BCUT2D eigenvalue weighted by Gasteiger charge is -2.14. The van der Waals surface area contributed by atoms with Gasteiger partial charge in [0.05, 0.1) is 6.61 Å². The van der Waals surface area contributed by atoms with Gasteiger partial charge in [-0.25, -0.2) is 9.78 Å². The second-order valence-electron chi connectivity index (χ2n) is 6.33. The first-order valence-electron chi connectivity index (χ1n) is 9.37. The van der Waals surface area contributed by atoms with Gasteiger partial charge in [0.15, 0.2) is 0 Å². The predicted molar refractivity (Wildman–Crippen MR) is 102 cm³/mol. The van der Waals surface area contributed by atoms with Crippen LogP contribution >= 0.6 is 0 Å². The van der Waals surface area contributed by atoms with Crippen LogP contribution in [-0.2, 0) is 29.3 Å². The van der Waals surface area contributed by atoms with Gasteiger partial charge in [0.25, 0.3) is 0 Å². The number of hydrogen-bond donors (Lipinski definition) is 2. The molecule has 0 saturated heterocycles. The minimum absolute atomic E-state index is 0.408. The van der Waals surface area contributed by atoms with Crippen molar-refractivity contribution in [2.75, 3.05) is 32.9 Å². The average Bonchev–Trinajstić information content (AvgIpc) is 2.68. The number of fused-ring (bicyclic) bond motifs is 2. The first kappa shape index (κ1) is 18.9. The molecule has 0 fully saturated rings. The molecule has 3 rings (SSSR count). The number of hydrogen-bond acceptors (Lipinski definition) is 5. The third-order valence-electron chi connectivity index (χ3n) is 4.39. The van der Waals surface area contributed by atoms with E-state index in [9.17, 15) is 0 Å². The molecule has 0 atom stereocenters. The van der Waals surface area contributed by atoms with E-state index in [0.717, 1.165) is 50.3 Å². The summed E-state index contributed by atoms with van der Waals surface area (Å²) in [6.07, 6.45) is 1.92. The van der Waals surface area contributed by atoms with Crippen LogP contribution in [0.4, 0.5) is 0 Å². The topological polar surface area (TPSA) is 51.8 Å². The highest BCUT2D eigenvalue weighted by atomic mass is 17.2. The molecular formula is C21H28N2O3. The summed E-state index contributed by atoms with van der Waals surface area (Å²) in [5, 5.41) is 7.02. The quantitative estimate of drug-likeness (QED) is 0.711. The fourth-order valence-corrected chi connectivity index (χ4v) is 3.00. The molecule has 26 heavy (non-hydrogen) atoms. The predicted octanol–water partition coefficient (Wildman–Crippen LogP) is 2.84. The first-order chi connectivity index (χ1) is 12.9. The molecule has 1 heterocycles. The van der Waals surface area contributed by atoms with Gasteiger partial charge in [-0.1, -0.05) is 42.5 Å². The van der Waals surface area contributed by atoms with Crippen LogP contribution in [0.25, 0.3) is 0 Å². The second-order valence-corrected chi connectivity index (χ2v) is 6.33. The Morgan fingerprint density at radius 3 is 2.15 bits per heavy atom. The molecule has 1 aliphatic rings. The molecule has 140 valence electrons. The fraction of sp³-hybridized carbons (Fsp3) is 0.429. The highest BCUT2D eigenvalue weighted by Gasteiger charge is 2.05. The van der Waals surface area contributed by atoms with Gasteiger partial charge in [0, 0.05) is 18.7 Å². The molecule has 0 spiro atoms. The second kappa shape index (κ2) is 10.9. The van der Waals surface area contributed by atoms with E-state index in [1.54, 1.807) is 0 Å². The van der Waals surface area contributed by atoms with E-state index in [1.807, 2.05) is 18.2 Å². The molecule has 0 amide bonds. The average molecular weight is 356 g/mol. The maximum absolute atomic E-state index is 5.83. The zero-order valence-corrected chi connectivity index (χ0v) is 15.2. The third-order valence-corrected chi connectivity index (χ3v) is 4.39. The normalized spacial score (nSPS) is 17.8. The van der Waals surface area contributed by atoms with Crippen molar-refractivity contribution >= 4 is 0 Å². The first-order valence-corrected chi connectivity index (χ1v) is 9.37. The summed E-state index contributed by atoms with van der Waals surface area (Å²) >= 11 is 0. The maximum atomic E-state index is 5.83. The van der Waals surface area contributed by atoms with Crippen molar-refractivity contribution in [2.24, 2.45) is 0 Å². The van der Waals surface area contributed by atoms with Gasteiger partial charge in [-0.3, -0.25) is 0 Å². The third kappa shape index (κ3) is 6.11. The fourth-order valence-electron chi connectivity index (χ4n) is 3.00. The summed E-state index contributed by atoms with van der Waals surface area (Å²) in [6.45, 7) is 5.06. The van der Waals surface area contributed by atoms with Crippen molar-refractivity contribution in [3.8, 4) is 5.75 Å². The minimum atomic E-state index is 0.408. The van der Waals surface area contributed by atoms with Crippen molar-refractivity contribution < 1.29 is 14.5 Å². The van der Waals surface area contributed by atoms with Gasteiger partial charge in [0.2, 0.25) is 0 Å². The Morgan fingerprint density at radius 1 is 0.654 bits per heavy atom. The zero-order valence-electron chi connectivity index (χ0n) is 15.2. The van der Waals surface area contributed by atoms with E-state index < -0.39 is 0 Å². The van der Waals surface area contributed by atoms with E-state index in [1.165, 1.54) is 11.1 Å². The number of ether oxygens (including phenoxy) is 1. The smallest absolute Gasteiger partial charge is 0.123 e. The standard InChI is InChI=1S/C21H28N2O3/c1-2-7-19-16-22-11-5-12-23-17-20-8-3-4-9-21(20)24-14-15-26-25-13-10-18(19)6-1/h1-4,6-9,22-23H,5,10-17H2. The van der Waals surface area contributed by atoms with E-state index in [-0.39, 0.29) is 0 Å². The lowest BCUT2D eigenvalue weighted by atomic mass is 10.1. The summed E-state index contributed by atoms with van der Waals surface area (Å²) < 4.78 is 5.83. The van der Waals surface area contributed by atoms with Crippen molar-refractivity contribution in [1.82, 2.24) is 10.6 Å². The highest BCUT2D eigenvalue weighted by molar-refractivity contribution is 5.33. The van der Waals surface area contributed by atoms with Crippen LogP contribution in [0.15, 0.2) is 48.5 Å². The lowest BCUT2D eigenvalue weighted by Crippen LogP contribution is -2.22. The molecule has 5 heteroatoms. The van der Waals surface area contributed by atoms with Crippen molar-refractivity contribution in [1.29, 1.82) is 0 Å². The van der Waals surface area contributed by atoms with Crippen molar-refractivity contribution in [3.05, 3.63) is 65.2 Å². The lowest BCUT2D eigenvalue weighted by molar-refractivity contribution is -0.296. The molecule has 0 bridgehead atoms. The summed E-state index contributed by atoms with van der Waals surface area (Å²) in [7, 11) is 0. The highest BCUT2D eigenvalue weighted by Crippen LogP contribution is 2.17. The van der Waals surface area contributed by atoms with Crippen LogP contribution in [0.5, 0.6) is 5.75 Å². The molecule has 0 aromatic heterocycles. The largest absolute Gasteiger partial charge is 0.491 e. The monoisotopic (exact) mass is 356 g/mol. The Hall–Kier alpha value is -1.92. The van der Waals surface area contributed by atoms with Crippen LogP contribution in [0.3, 0.4) is 0 Å². The van der Waals surface area contributed by atoms with Crippen LogP contribution in [-0.4, -0.2) is 32.9 Å². The molecule has 2 aromatic rings. The maximum Gasteiger partial charge on any atom is 0.123 e. The SMILES string of the molecule is c1ccc2c(c1)CCOOCCOc1ccccc1CNCCCNC2. The van der Waals surface area contributed by atoms with E-state index >= 15 is 0 Å². The summed E-state index contributed by atoms with van der Waals surface area (Å²) in [5.41, 5.74) is 3.78. The van der Waals surface area contributed by atoms with E-state index in [0.29, 0.717) is 19.8 Å². The van der Waals surface area contributed by atoms with Crippen molar-refractivity contribution in [2.45, 2.75) is 25.9 Å².